The van der Waals surface area contributed by atoms with Crippen LogP contribution in [0.1, 0.15) is 88.5 Å². The fourth-order valence-corrected chi connectivity index (χ4v) is 5.20. The molecule has 0 radical (unpaired) electrons. The van der Waals surface area contributed by atoms with E-state index < -0.39 is 40.9 Å². The number of anilines is 2. The topological polar surface area (TPSA) is 185 Å². The number of hydrogen-bond acceptors (Lipinski definition) is 10. The molecule has 0 saturated heterocycles. The number of aromatic nitrogens is 5. The predicted molar refractivity (Wildman–Crippen MR) is 204 cm³/mol. The molecule has 3 heterocycles. The van der Waals surface area contributed by atoms with Crippen molar-refractivity contribution in [3.63, 3.8) is 0 Å². The number of aryl methyl sites for hydroxylation is 2. The standard InChI is InChI=1S/C39H47N9O6/c1-23-20-47(22-40-23)30-16-13-27(14-17-30)12-15-29-18-28(19-31(43-29)44-35(50)24(2)48(36(51)52)21-38(5,6)7)33-32(25(3)49)34(42-26(4)41-33)45-46(11)37(53)54-39(8,9)10/h13-14,16-20,22,24H,21H2,1-11H3,(H,51,52)(H,41,42,45)(H,43,44,50). The van der Waals surface area contributed by atoms with Gasteiger partial charge in [-0.25, -0.2) is 34.5 Å². The highest BCUT2D eigenvalue weighted by molar-refractivity contribution is 6.04. The van der Waals surface area contributed by atoms with Gasteiger partial charge in [0.1, 0.15) is 29.0 Å². The summed E-state index contributed by atoms with van der Waals surface area (Å²) in [5, 5.41) is 13.7. The Labute approximate surface area is 315 Å². The van der Waals surface area contributed by atoms with Crippen LogP contribution in [0.4, 0.5) is 21.2 Å². The van der Waals surface area contributed by atoms with Crippen molar-refractivity contribution in [1.29, 1.82) is 0 Å². The van der Waals surface area contributed by atoms with Crippen LogP contribution in [0.25, 0.3) is 16.9 Å². The normalized spacial score (nSPS) is 11.8. The molecule has 4 rings (SSSR count). The van der Waals surface area contributed by atoms with Crippen LogP contribution in [0.5, 0.6) is 0 Å². The summed E-state index contributed by atoms with van der Waals surface area (Å²) in [6.07, 6.45) is 1.69. The lowest BCUT2D eigenvalue weighted by molar-refractivity contribution is -0.120. The van der Waals surface area contributed by atoms with Crippen molar-refractivity contribution in [3.05, 3.63) is 77.3 Å². The van der Waals surface area contributed by atoms with Crippen LogP contribution in [-0.4, -0.2) is 88.6 Å². The summed E-state index contributed by atoms with van der Waals surface area (Å²) in [6, 6.07) is 9.56. The average molecular weight is 738 g/mol. The monoisotopic (exact) mass is 737 g/mol. The number of hydrazine groups is 1. The quantitative estimate of drug-likeness (QED) is 0.0969. The van der Waals surface area contributed by atoms with Crippen LogP contribution in [-0.2, 0) is 9.53 Å². The lowest BCUT2D eigenvalue weighted by Gasteiger charge is -2.31. The number of carbonyl (C=O) groups excluding carboxylic acids is 3. The highest BCUT2D eigenvalue weighted by Crippen LogP contribution is 2.30. The molecule has 0 aliphatic carbocycles. The molecule has 0 fully saturated rings. The average Bonchev–Trinajstić information content (AvgIpc) is 3.50. The van der Waals surface area contributed by atoms with Crippen LogP contribution >= 0.6 is 0 Å². The van der Waals surface area contributed by atoms with Gasteiger partial charge in [0.15, 0.2) is 11.6 Å². The van der Waals surface area contributed by atoms with Gasteiger partial charge in [-0.3, -0.25) is 19.9 Å². The molecule has 15 nitrogen and oxygen atoms in total. The first-order valence-electron chi connectivity index (χ1n) is 17.2. The number of ether oxygens (including phenoxy) is 1. The molecule has 284 valence electrons. The van der Waals surface area contributed by atoms with Crippen LogP contribution in [0, 0.1) is 31.1 Å². The number of carbonyl (C=O) groups is 4. The molecule has 3 N–H and O–H groups in total. The second-order valence-corrected chi connectivity index (χ2v) is 15.0. The molecule has 1 aromatic carbocycles. The molecule has 0 aliphatic heterocycles. The molecular weight excluding hydrogens is 690 g/mol. The number of imidazole rings is 1. The zero-order chi connectivity index (χ0) is 40.1. The Balaban J connectivity index is 1.81. The van der Waals surface area contributed by atoms with Crippen LogP contribution < -0.4 is 10.7 Å². The number of benzene rings is 1. The van der Waals surface area contributed by atoms with Gasteiger partial charge in [-0.2, -0.15) is 0 Å². The smallest absolute Gasteiger partial charge is 0.428 e. The van der Waals surface area contributed by atoms with Gasteiger partial charge in [0.05, 0.1) is 23.3 Å². The number of carboxylic acid groups (broad SMARTS) is 1. The van der Waals surface area contributed by atoms with Crippen molar-refractivity contribution in [3.8, 4) is 28.8 Å². The maximum absolute atomic E-state index is 13.6. The molecular formula is C39H47N9O6. The Morgan fingerprint density at radius 2 is 1.65 bits per heavy atom. The van der Waals surface area contributed by atoms with Gasteiger partial charge >= 0.3 is 12.2 Å². The van der Waals surface area contributed by atoms with Crippen LogP contribution in [0.2, 0.25) is 0 Å². The summed E-state index contributed by atoms with van der Waals surface area (Å²) in [5.74, 6) is 5.47. The van der Waals surface area contributed by atoms with E-state index in [0.717, 1.165) is 21.3 Å². The third-order valence-electron chi connectivity index (χ3n) is 7.61. The van der Waals surface area contributed by atoms with Gasteiger partial charge < -0.3 is 19.7 Å². The molecule has 15 heteroatoms. The molecule has 0 saturated carbocycles. The Hall–Kier alpha value is -6.30. The van der Waals surface area contributed by atoms with E-state index in [9.17, 15) is 24.3 Å². The molecule has 3 amide bonds. The zero-order valence-corrected chi connectivity index (χ0v) is 32.5. The number of rotatable bonds is 9. The number of Topliss-reactive ketones (excluding diaryl/α,β-unsaturated/α-hetero) is 1. The maximum atomic E-state index is 13.6. The second kappa shape index (κ2) is 16.2. The molecule has 3 aromatic heterocycles. The lowest BCUT2D eigenvalue weighted by Crippen LogP contribution is -2.48. The highest BCUT2D eigenvalue weighted by atomic mass is 16.6. The minimum Gasteiger partial charge on any atom is -0.465 e. The summed E-state index contributed by atoms with van der Waals surface area (Å²) < 4.78 is 7.34. The number of amides is 3. The number of pyridine rings is 1. The molecule has 54 heavy (non-hydrogen) atoms. The predicted octanol–water partition coefficient (Wildman–Crippen LogP) is 6.49. The summed E-state index contributed by atoms with van der Waals surface area (Å²) in [6.45, 7) is 17.3. The number of nitrogens with zero attached hydrogens (tertiary/aromatic N) is 7. The van der Waals surface area contributed by atoms with E-state index in [-0.39, 0.29) is 41.0 Å². The summed E-state index contributed by atoms with van der Waals surface area (Å²) in [4.78, 5) is 70.7. The van der Waals surface area contributed by atoms with Gasteiger partial charge in [-0.1, -0.05) is 26.7 Å². The first kappa shape index (κ1) is 40.5. The van der Waals surface area contributed by atoms with E-state index >= 15 is 0 Å². The van der Waals surface area contributed by atoms with E-state index in [1.54, 1.807) is 40.1 Å². The Kier molecular flexibility index (Phi) is 12.1. The van der Waals surface area contributed by atoms with Crippen molar-refractivity contribution >= 4 is 35.5 Å². The summed E-state index contributed by atoms with van der Waals surface area (Å²) in [7, 11) is 1.44. The van der Waals surface area contributed by atoms with Gasteiger partial charge in [-0.05, 0) is 96.2 Å². The minimum absolute atomic E-state index is 0.0479. The Bertz CT molecular complexity index is 2120. The van der Waals surface area contributed by atoms with Crippen molar-refractivity contribution in [2.24, 2.45) is 5.41 Å². The van der Waals surface area contributed by atoms with Gasteiger partial charge in [-0.15, -0.1) is 0 Å². The van der Waals surface area contributed by atoms with Crippen molar-refractivity contribution in [1.82, 2.24) is 34.4 Å². The maximum Gasteiger partial charge on any atom is 0.428 e. The van der Waals surface area contributed by atoms with Crippen molar-refractivity contribution in [2.75, 3.05) is 24.3 Å². The molecule has 1 atom stereocenters. The summed E-state index contributed by atoms with van der Waals surface area (Å²) >= 11 is 0. The van der Waals surface area contributed by atoms with Gasteiger partial charge in [0, 0.05) is 36.6 Å². The zero-order valence-electron chi connectivity index (χ0n) is 32.5. The number of hydrogen-bond donors (Lipinski definition) is 3. The fourth-order valence-electron chi connectivity index (χ4n) is 5.20. The van der Waals surface area contributed by atoms with E-state index in [1.165, 1.54) is 27.0 Å². The Morgan fingerprint density at radius 1 is 0.981 bits per heavy atom. The van der Waals surface area contributed by atoms with E-state index in [0.29, 0.717) is 11.1 Å². The van der Waals surface area contributed by atoms with E-state index in [4.69, 9.17) is 4.74 Å². The first-order chi connectivity index (χ1) is 25.1. The minimum atomic E-state index is -1.24. The fraction of sp³-hybridized carbons (Fsp3) is 0.385. The van der Waals surface area contributed by atoms with Crippen molar-refractivity contribution in [2.45, 2.75) is 80.9 Å². The lowest BCUT2D eigenvalue weighted by atomic mass is 9.95. The number of ketones is 1. The molecule has 0 aliphatic rings. The molecule has 4 aromatic rings. The molecule has 0 bridgehead atoms. The van der Waals surface area contributed by atoms with Crippen LogP contribution in [0.15, 0.2) is 48.9 Å². The highest BCUT2D eigenvalue weighted by Gasteiger charge is 2.30. The molecule has 1 unspecified atom stereocenters. The van der Waals surface area contributed by atoms with E-state index in [1.807, 2.05) is 62.7 Å². The second-order valence-electron chi connectivity index (χ2n) is 15.0. The third-order valence-corrected chi connectivity index (χ3v) is 7.61. The first-order valence-corrected chi connectivity index (χ1v) is 17.2. The Morgan fingerprint density at radius 3 is 2.20 bits per heavy atom. The van der Waals surface area contributed by atoms with E-state index in [2.05, 4.69) is 42.5 Å². The number of nitrogens with one attached hydrogen (secondary N) is 2. The van der Waals surface area contributed by atoms with Gasteiger partial charge in [0.2, 0.25) is 5.91 Å². The third kappa shape index (κ3) is 10.9. The van der Waals surface area contributed by atoms with Crippen molar-refractivity contribution < 1.29 is 29.0 Å². The van der Waals surface area contributed by atoms with Crippen LogP contribution in [0.3, 0.4) is 0 Å². The van der Waals surface area contributed by atoms with Gasteiger partial charge in [0.25, 0.3) is 0 Å². The summed E-state index contributed by atoms with van der Waals surface area (Å²) in [5.41, 5.74) is 4.95. The molecule has 0 spiro atoms. The SMILES string of the molecule is CC(=O)c1c(NN(C)C(=O)OC(C)(C)C)nc(C)nc1-c1cc(C#Cc2ccc(-n3cnc(C)c3)cc2)nc(NC(=O)C(C)N(CC(C)(C)C)C(=O)O)c1. The largest absolute Gasteiger partial charge is 0.465 e.